The quantitative estimate of drug-likeness (QED) is 0.842. The minimum atomic E-state index is -0.149. The van der Waals surface area contributed by atoms with Crippen molar-refractivity contribution in [1.29, 1.82) is 10.5 Å². The Hall–Kier alpha value is -2.35. The third-order valence-corrected chi connectivity index (χ3v) is 3.47. The second-order valence-electron chi connectivity index (χ2n) is 3.27. The summed E-state index contributed by atoms with van der Waals surface area (Å²) in [6.07, 6.45) is 0. The van der Waals surface area contributed by atoms with Crippen molar-refractivity contribution in [3.63, 3.8) is 0 Å². The van der Waals surface area contributed by atoms with E-state index in [0.717, 1.165) is 0 Å². The third-order valence-electron chi connectivity index (χ3n) is 1.89. The lowest BCUT2D eigenvalue weighted by molar-refractivity contribution is -0.114. The number of anilines is 2. The van der Waals surface area contributed by atoms with Gasteiger partial charge in [0.25, 0.3) is 0 Å². The first-order valence-electron chi connectivity index (χ1n) is 5.06. The average molecular weight is 290 g/mol. The number of nitrogen functional groups attached to an aromatic ring is 1. The van der Waals surface area contributed by atoms with E-state index in [2.05, 4.69) is 5.32 Å². The molecule has 0 aliphatic rings. The number of thiophene rings is 2. The van der Waals surface area contributed by atoms with Gasteiger partial charge in [0.15, 0.2) is 0 Å². The van der Waals surface area contributed by atoms with E-state index in [4.69, 9.17) is 16.3 Å². The Morgan fingerprint density at radius 2 is 1.79 bits per heavy atom. The number of nitriles is 2. The van der Waals surface area contributed by atoms with Crippen molar-refractivity contribution in [2.24, 2.45) is 0 Å². The molecule has 2 aromatic heterocycles. The first-order valence-corrected chi connectivity index (χ1v) is 6.82. The molecule has 3 N–H and O–H groups in total. The molecule has 0 spiro atoms. The van der Waals surface area contributed by atoms with Crippen LogP contribution in [0, 0.1) is 22.7 Å². The summed E-state index contributed by atoms with van der Waals surface area (Å²) in [5.41, 5.74) is 6.44. The fraction of sp³-hybridized carbons (Fsp3) is 0.0833. The van der Waals surface area contributed by atoms with Crippen LogP contribution >= 0.6 is 22.7 Å². The molecule has 0 aromatic carbocycles. The first-order chi connectivity index (χ1) is 9.08. The van der Waals surface area contributed by atoms with Crippen molar-refractivity contribution in [2.75, 3.05) is 11.1 Å². The normalized spacial score (nSPS) is 8.58. The van der Waals surface area contributed by atoms with Crippen LogP contribution in [-0.2, 0) is 4.79 Å². The summed E-state index contributed by atoms with van der Waals surface area (Å²) >= 11 is 2.73. The van der Waals surface area contributed by atoms with Gasteiger partial charge in [0.1, 0.15) is 22.1 Å². The lowest BCUT2D eigenvalue weighted by Crippen LogP contribution is -2.04. The fourth-order valence-corrected chi connectivity index (χ4v) is 2.44. The zero-order chi connectivity index (χ0) is 14.3. The molecule has 0 fully saturated rings. The van der Waals surface area contributed by atoms with E-state index >= 15 is 0 Å². The summed E-state index contributed by atoms with van der Waals surface area (Å²) in [7, 11) is 0. The van der Waals surface area contributed by atoms with E-state index in [0.29, 0.717) is 21.1 Å². The Labute approximate surface area is 118 Å². The van der Waals surface area contributed by atoms with E-state index in [1.807, 2.05) is 12.1 Å². The average Bonchev–Trinajstić information content (AvgIpc) is 2.97. The Balaban J connectivity index is 0.000000200. The molecule has 2 rings (SSSR count). The number of nitrogens with zero attached hydrogens (tertiary/aromatic N) is 2. The number of carbonyl (C=O) groups excluding carboxylic acids is 1. The maximum atomic E-state index is 10.6. The van der Waals surface area contributed by atoms with Crippen molar-refractivity contribution < 1.29 is 4.79 Å². The van der Waals surface area contributed by atoms with Gasteiger partial charge in [-0.25, -0.2) is 0 Å². The monoisotopic (exact) mass is 290 g/mol. The molecule has 0 aliphatic heterocycles. The highest BCUT2D eigenvalue weighted by atomic mass is 32.1. The lowest BCUT2D eigenvalue weighted by atomic mass is 10.3. The third kappa shape index (κ3) is 4.43. The van der Waals surface area contributed by atoms with E-state index in [9.17, 15) is 4.79 Å². The van der Waals surface area contributed by atoms with Crippen molar-refractivity contribution in [3.8, 4) is 12.1 Å². The van der Waals surface area contributed by atoms with E-state index in [1.54, 1.807) is 22.9 Å². The molecule has 96 valence electrons. The second kappa shape index (κ2) is 7.17. The lowest BCUT2D eigenvalue weighted by Gasteiger charge is -1.95. The number of carbonyl (C=O) groups is 1. The molecule has 19 heavy (non-hydrogen) atoms. The molecule has 2 heterocycles. The van der Waals surface area contributed by atoms with E-state index < -0.39 is 0 Å². The van der Waals surface area contributed by atoms with Crippen molar-refractivity contribution >= 4 is 38.6 Å². The van der Waals surface area contributed by atoms with Gasteiger partial charge in [-0.2, -0.15) is 10.5 Å². The number of hydrogen-bond acceptors (Lipinski definition) is 6. The Morgan fingerprint density at radius 1 is 1.21 bits per heavy atom. The van der Waals surface area contributed by atoms with Crippen LogP contribution in [0.1, 0.15) is 18.1 Å². The second-order valence-corrected chi connectivity index (χ2v) is 5.13. The van der Waals surface area contributed by atoms with Crippen LogP contribution in [0.3, 0.4) is 0 Å². The predicted octanol–water partition coefficient (Wildman–Crippen LogP) is 2.78. The van der Waals surface area contributed by atoms with Gasteiger partial charge in [-0.1, -0.05) is 0 Å². The minimum Gasteiger partial charge on any atom is -0.389 e. The van der Waals surface area contributed by atoms with Crippen LogP contribution in [-0.4, -0.2) is 5.91 Å². The van der Waals surface area contributed by atoms with Crippen LogP contribution in [0.4, 0.5) is 10.0 Å². The summed E-state index contributed by atoms with van der Waals surface area (Å²) < 4.78 is 0. The Bertz CT molecular complexity index is 645. The summed E-state index contributed by atoms with van der Waals surface area (Å²) in [6.45, 7) is 1.42. The van der Waals surface area contributed by atoms with Gasteiger partial charge in [-0.05, 0) is 22.9 Å². The van der Waals surface area contributed by atoms with E-state index in [1.165, 1.54) is 29.6 Å². The molecular formula is C12H10N4OS2. The van der Waals surface area contributed by atoms with Gasteiger partial charge in [-0.15, -0.1) is 22.7 Å². The highest BCUT2D eigenvalue weighted by Crippen LogP contribution is 2.21. The maximum Gasteiger partial charge on any atom is 0.221 e. The molecule has 2 aromatic rings. The largest absolute Gasteiger partial charge is 0.389 e. The van der Waals surface area contributed by atoms with Gasteiger partial charge in [-0.3, -0.25) is 4.79 Å². The van der Waals surface area contributed by atoms with Crippen molar-refractivity contribution in [1.82, 2.24) is 0 Å². The summed E-state index contributed by atoms with van der Waals surface area (Å²) in [5.74, 6) is -0.149. The topological polar surface area (TPSA) is 103 Å². The van der Waals surface area contributed by atoms with Crippen LogP contribution in [0.5, 0.6) is 0 Å². The molecular weight excluding hydrogens is 280 g/mol. The number of hydrogen-bond donors (Lipinski definition) is 2. The van der Waals surface area contributed by atoms with Gasteiger partial charge >= 0.3 is 0 Å². The summed E-state index contributed by atoms with van der Waals surface area (Å²) in [4.78, 5) is 10.6. The van der Waals surface area contributed by atoms with Crippen LogP contribution in [0.15, 0.2) is 22.9 Å². The smallest absolute Gasteiger partial charge is 0.221 e. The molecule has 0 atom stereocenters. The molecule has 0 aliphatic carbocycles. The number of nitrogens with one attached hydrogen (secondary N) is 1. The molecule has 5 nitrogen and oxygen atoms in total. The van der Waals surface area contributed by atoms with Crippen LogP contribution in [0.25, 0.3) is 0 Å². The molecule has 0 radical (unpaired) electrons. The Kier molecular flexibility index (Phi) is 5.55. The predicted molar refractivity (Wildman–Crippen MR) is 76.8 cm³/mol. The minimum absolute atomic E-state index is 0.149. The van der Waals surface area contributed by atoms with E-state index in [-0.39, 0.29) is 5.91 Å². The molecule has 0 saturated carbocycles. The highest BCUT2D eigenvalue weighted by molar-refractivity contribution is 7.14. The first kappa shape index (κ1) is 14.7. The summed E-state index contributed by atoms with van der Waals surface area (Å²) in [6, 6.07) is 7.32. The highest BCUT2D eigenvalue weighted by Gasteiger charge is 2.03. The van der Waals surface area contributed by atoms with Crippen LogP contribution < -0.4 is 11.1 Å². The number of amides is 1. The van der Waals surface area contributed by atoms with Gasteiger partial charge in [0.05, 0.1) is 11.1 Å². The van der Waals surface area contributed by atoms with Crippen molar-refractivity contribution in [2.45, 2.75) is 6.92 Å². The number of nitrogens with two attached hydrogens (primary N) is 1. The van der Waals surface area contributed by atoms with Gasteiger partial charge < -0.3 is 11.1 Å². The summed E-state index contributed by atoms with van der Waals surface area (Å²) in [5, 5.41) is 24.2. The standard InChI is InChI=1S/C7H6N2OS.C5H4N2S/c1-5(10)9-7-6(4-8)2-3-11-7;6-3-4-1-2-8-5(4)7/h2-3H,1H3,(H,9,10);1-2H,7H2. The Morgan fingerprint density at radius 3 is 2.21 bits per heavy atom. The zero-order valence-corrected chi connectivity index (χ0v) is 11.6. The molecule has 0 bridgehead atoms. The van der Waals surface area contributed by atoms with Crippen LogP contribution in [0.2, 0.25) is 0 Å². The molecule has 0 unspecified atom stereocenters. The molecule has 0 saturated heterocycles. The maximum absolute atomic E-state index is 10.6. The van der Waals surface area contributed by atoms with Crippen molar-refractivity contribution in [3.05, 3.63) is 34.0 Å². The molecule has 1 amide bonds. The van der Waals surface area contributed by atoms with Gasteiger partial charge in [0.2, 0.25) is 5.91 Å². The fourth-order valence-electron chi connectivity index (χ4n) is 1.07. The number of rotatable bonds is 1. The van der Waals surface area contributed by atoms with Gasteiger partial charge in [0, 0.05) is 6.92 Å². The molecule has 7 heteroatoms. The SMILES string of the molecule is CC(=O)Nc1sccc1C#N.N#Cc1ccsc1N. The zero-order valence-electron chi connectivity index (χ0n) is 10.0.